The molecule has 2 aromatic rings. The van der Waals surface area contributed by atoms with Crippen LogP contribution in [0, 0.1) is 0 Å². The molecule has 1 aliphatic rings. The number of anilines is 1. The number of ether oxygens (including phenoxy) is 2. The van der Waals surface area contributed by atoms with Crippen LogP contribution in [0.1, 0.15) is 18.5 Å². The van der Waals surface area contributed by atoms with Crippen LogP contribution >= 0.6 is 11.3 Å². The van der Waals surface area contributed by atoms with Crippen molar-refractivity contribution in [2.24, 2.45) is 0 Å². The molecule has 0 saturated carbocycles. The topological polar surface area (TPSA) is 66.9 Å². The molecule has 1 aromatic carbocycles. The zero-order valence-corrected chi connectivity index (χ0v) is 16.1. The van der Waals surface area contributed by atoms with Crippen LogP contribution < -0.4 is 19.7 Å². The van der Waals surface area contributed by atoms with Crippen molar-refractivity contribution < 1.29 is 14.3 Å². The second kappa shape index (κ2) is 8.27. The summed E-state index contributed by atoms with van der Waals surface area (Å²) in [7, 11) is 3.23. The van der Waals surface area contributed by atoms with Gasteiger partial charge in [-0.25, -0.2) is 9.78 Å². The van der Waals surface area contributed by atoms with Gasteiger partial charge in [0.05, 0.1) is 20.3 Å². The van der Waals surface area contributed by atoms with Crippen molar-refractivity contribution in [2.75, 3.05) is 45.3 Å². The molecule has 26 heavy (non-hydrogen) atoms. The molecule has 8 heteroatoms. The first-order chi connectivity index (χ1) is 12.6. The number of piperazine rings is 1. The van der Waals surface area contributed by atoms with Crippen LogP contribution in [0.2, 0.25) is 0 Å². The number of carbonyl (C=O) groups excluding carboxylic acids is 1. The maximum absolute atomic E-state index is 12.6. The molecule has 2 heterocycles. The van der Waals surface area contributed by atoms with E-state index in [4.69, 9.17) is 9.47 Å². The first-order valence-corrected chi connectivity index (χ1v) is 9.42. The fourth-order valence-corrected chi connectivity index (χ4v) is 3.70. The van der Waals surface area contributed by atoms with Gasteiger partial charge in [-0.2, -0.15) is 0 Å². The second-order valence-electron chi connectivity index (χ2n) is 6.07. The Hall–Kier alpha value is -2.48. The molecule has 0 unspecified atom stereocenters. The van der Waals surface area contributed by atoms with Gasteiger partial charge in [0.1, 0.15) is 11.5 Å². The van der Waals surface area contributed by atoms with E-state index in [1.54, 1.807) is 25.6 Å². The summed E-state index contributed by atoms with van der Waals surface area (Å²) >= 11 is 1.63. The number of thiazole rings is 1. The number of hydrogen-bond acceptors (Lipinski definition) is 6. The molecule has 140 valence electrons. The predicted octanol–water partition coefficient (Wildman–Crippen LogP) is 2.75. The highest BCUT2D eigenvalue weighted by Gasteiger charge is 2.24. The highest BCUT2D eigenvalue weighted by Crippen LogP contribution is 2.29. The lowest BCUT2D eigenvalue weighted by Crippen LogP contribution is -2.52. The van der Waals surface area contributed by atoms with Gasteiger partial charge in [0.15, 0.2) is 5.13 Å². The Morgan fingerprint density at radius 3 is 2.62 bits per heavy atom. The molecule has 1 atom stereocenters. The van der Waals surface area contributed by atoms with Crippen molar-refractivity contribution in [3.05, 3.63) is 35.3 Å². The molecule has 0 aliphatic carbocycles. The molecule has 0 spiro atoms. The zero-order valence-electron chi connectivity index (χ0n) is 15.3. The van der Waals surface area contributed by atoms with E-state index >= 15 is 0 Å². The first kappa shape index (κ1) is 18.3. The molecule has 1 aromatic heterocycles. The summed E-state index contributed by atoms with van der Waals surface area (Å²) in [5.41, 5.74) is 0.920. The third-order valence-corrected chi connectivity index (χ3v) is 5.34. The Morgan fingerprint density at radius 1 is 1.23 bits per heavy atom. The van der Waals surface area contributed by atoms with Crippen LogP contribution in [0.25, 0.3) is 0 Å². The maximum Gasteiger partial charge on any atom is 0.317 e. The summed E-state index contributed by atoms with van der Waals surface area (Å²) in [6.45, 7) is 4.89. The summed E-state index contributed by atoms with van der Waals surface area (Å²) < 4.78 is 10.7. The number of rotatable bonds is 5. The van der Waals surface area contributed by atoms with Gasteiger partial charge in [0.2, 0.25) is 0 Å². The molecule has 2 amide bonds. The van der Waals surface area contributed by atoms with E-state index in [2.05, 4.69) is 15.2 Å². The van der Waals surface area contributed by atoms with E-state index in [0.717, 1.165) is 29.5 Å². The van der Waals surface area contributed by atoms with Crippen molar-refractivity contribution >= 4 is 22.5 Å². The monoisotopic (exact) mass is 376 g/mol. The molecule has 1 N–H and O–H groups in total. The van der Waals surface area contributed by atoms with Crippen LogP contribution in [0.4, 0.5) is 9.93 Å². The van der Waals surface area contributed by atoms with Crippen molar-refractivity contribution in [1.29, 1.82) is 0 Å². The van der Waals surface area contributed by atoms with E-state index < -0.39 is 0 Å². The number of nitrogens with zero attached hydrogens (tertiary/aromatic N) is 3. The van der Waals surface area contributed by atoms with Gasteiger partial charge >= 0.3 is 6.03 Å². The van der Waals surface area contributed by atoms with Gasteiger partial charge in [-0.3, -0.25) is 0 Å². The van der Waals surface area contributed by atoms with Crippen LogP contribution in [-0.2, 0) is 0 Å². The largest absolute Gasteiger partial charge is 0.497 e. The van der Waals surface area contributed by atoms with E-state index in [0.29, 0.717) is 18.8 Å². The highest BCUT2D eigenvalue weighted by molar-refractivity contribution is 7.13. The lowest BCUT2D eigenvalue weighted by Gasteiger charge is -2.35. The summed E-state index contributed by atoms with van der Waals surface area (Å²) in [6.07, 6.45) is 1.81. The van der Waals surface area contributed by atoms with E-state index in [1.165, 1.54) is 0 Å². The predicted molar refractivity (Wildman–Crippen MR) is 102 cm³/mol. The maximum atomic E-state index is 12.6. The van der Waals surface area contributed by atoms with Crippen molar-refractivity contribution in [1.82, 2.24) is 15.2 Å². The fraction of sp³-hybridized carbons (Fsp3) is 0.444. The number of hydrogen-bond donors (Lipinski definition) is 1. The van der Waals surface area contributed by atoms with Crippen LogP contribution in [0.3, 0.4) is 0 Å². The highest BCUT2D eigenvalue weighted by atomic mass is 32.1. The minimum absolute atomic E-state index is 0.0610. The third kappa shape index (κ3) is 4.01. The Balaban J connectivity index is 1.58. The summed E-state index contributed by atoms with van der Waals surface area (Å²) in [4.78, 5) is 21.0. The normalized spacial score (nSPS) is 15.5. The zero-order chi connectivity index (χ0) is 18.5. The van der Waals surface area contributed by atoms with Gasteiger partial charge in [-0.05, 0) is 19.1 Å². The number of aromatic nitrogens is 1. The SMILES string of the molecule is COc1ccc([C@H](C)NC(=O)N2CCN(c3nccs3)CC2)c(OC)c1. The molecule has 1 saturated heterocycles. The number of benzene rings is 1. The number of urea groups is 1. The number of methoxy groups -OCH3 is 2. The molecule has 1 fully saturated rings. The van der Waals surface area contributed by atoms with Crippen molar-refractivity contribution in [3.63, 3.8) is 0 Å². The summed E-state index contributed by atoms with van der Waals surface area (Å²) in [5, 5.41) is 6.05. The molecule has 7 nitrogen and oxygen atoms in total. The molecule has 0 radical (unpaired) electrons. The lowest BCUT2D eigenvalue weighted by atomic mass is 10.1. The summed E-state index contributed by atoms with van der Waals surface area (Å²) in [5.74, 6) is 1.42. The van der Waals surface area contributed by atoms with Gasteiger partial charge in [0, 0.05) is 49.4 Å². The lowest BCUT2D eigenvalue weighted by molar-refractivity contribution is 0.191. The van der Waals surface area contributed by atoms with Gasteiger partial charge in [-0.1, -0.05) is 0 Å². The van der Waals surface area contributed by atoms with Gasteiger partial charge in [0.25, 0.3) is 0 Å². The molecule has 3 rings (SSSR count). The number of nitrogens with one attached hydrogen (secondary N) is 1. The van der Waals surface area contributed by atoms with Crippen LogP contribution in [0.5, 0.6) is 11.5 Å². The molecule has 1 aliphatic heterocycles. The smallest absolute Gasteiger partial charge is 0.317 e. The first-order valence-electron chi connectivity index (χ1n) is 8.54. The molecular formula is C18H24N4O3S. The average Bonchev–Trinajstić information content (AvgIpc) is 3.22. The van der Waals surface area contributed by atoms with Gasteiger partial charge < -0.3 is 24.6 Å². The summed E-state index contributed by atoms with van der Waals surface area (Å²) in [6, 6.07) is 5.38. The average molecular weight is 376 g/mol. The third-order valence-electron chi connectivity index (χ3n) is 4.50. The number of carbonyl (C=O) groups is 1. The van der Waals surface area contributed by atoms with Crippen molar-refractivity contribution in [2.45, 2.75) is 13.0 Å². The standard InChI is InChI=1S/C18H24N4O3S/c1-13(15-5-4-14(24-2)12-16(15)25-3)20-17(23)21-7-9-22(10-8-21)18-19-6-11-26-18/h4-6,11-13H,7-10H2,1-3H3,(H,20,23)/t13-/m0/s1. The van der Waals surface area contributed by atoms with E-state index in [9.17, 15) is 4.79 Å². The van der Waals surface area contributed by atoms with E-state index in [-0.39, 0.29) is 12.1 Å². The van der Waals surface area contributed by atoms with Crippen molar-refractivity contribution in [3.8, 4) is 11.5 Å². The molecule has 0 bridgehead atoms. The Labute approximate surface area is 157 Å². The fourth-order valence-electron chi connectivity index (χ4n) is 3.00. The van der Waals surface area contributed by atoms with Crippen LogP contribution in [-0.4, -0.2) is 56.3 Å². The minimum atomic E-state index is -0.166. The quantitative estimate of drug-likeness (QED) is 0.869. The Morgan fingerprint density at radius 2 is 2.00 bits per heavy atom. The van der Waals surface area contributed by atoms with E-state index in [1.807, 2.05) is 41.6 Å². The minimum Gasteiger partial charge on any atom is -0.497 e. The van der Waals surface area contributed by atoms with Crippen LogP contribution in [0.15, 0.2) is 29.8 Å². The Bertz CT molecular complexity index is 730. The second-order valence-corrected chi connectivity index (χ2v) is 6.94. The molecular weight excluding hydrogens is 352 g/mol. The number of amides is 2. The van der Waals surface area contributed by atoms with Gasteiger partial charge in [-0.15, -0.1) is 11.3 Å². The Kier molecular flexibility index (Phi) is 5.82.